The molecule has 1 nitrogen and oxygen atoms in total. The first-order valence-electron chi connectivity index (χ1n) is 5.86. The Bertz CT molecular complexity index is 523. The van der Waals surface area contributed by atoms with Gasteiger partial charge in [0.05, 0.1) is 5.69 Å². The minimum absolute atomic E-state index is 0.901. The zero-order valence-electron chi connectivity index (χ0n) is 10.6. The third kappa shape index (κ3) is 2.56. The number of hydrogen-bond donors (Lipinski definition) is 0. The summed E-state index contributed by atoms with van der Waals surface area (Å²) in [5, 5.41) is 0. The molecule has 1 atom stereocenters. The molecule has 0 saturated carbocycles. The number of benzene rings is 1. The van der Waals surface area contributed by atoms with Gasteiger partial charge in [-0.3, -0.25) is 4.98 Å². The number of nitrogens with zero attached hydrogens (tertiary/aromatic N) is 1. The summed E-state index contributed by atoms with van der Waals surface area (Å²) in [4.78, 5) is 4.69. The molecule has 0 spiro atoms. The molecule has 1 aromatic carbocycles. The van der Waals surface area contributed by atoms with E-state index in [4.69, 9.17) is 4.98 Å². The maximum absolute atomic E-state index is 4.69. The fourth-order valence-electron chi connectivity index (χ4n) is 2.32. The maximum atomic E-state index is 4.69. The molecule has 1 unspecified atom stereocenters. The van der Waals surface area contributed by atoms with E-state index in [0.717, 1.165) is 17.5 Å². The Labute approximate surface area is 105 Å². The molecule has 0 saturated heterocycles. The van der Waals surface area contributed by atoms with Crippen LogP contribution in [0.4, 0.5) is 0 Å². The second-order valence-corrected chi connectivity index (χ2v) is 4.90. The molecule has 1 aromatic heterocycles. The van der Waals surface area contributed by atoms with Crippen LogP contribution in [0.2, 0.25) is 0 Å². The molecule has 17 heavy (non-hydrogen) atoms. The van der Waals surface area contributed by atoms with Gasteiger partial charge in [0.2, 0.25) is 0 Å². The molecular weight excluding hydrogens is 225 g/mol. The predicted octanol–water partition coefficient (Wildman–Crippen LogP) is 4.05. The first-order chi connectivity index (χ1) is 8.11. The molecule has 0 radical (unpaired) electrons. The fourth-order valence-corrected chi connectivity index (χ4v) is 2.54. The Morgan fingerprint density at radius 3 is 2.29 bits per heavy atom. The summed E-state index contributed by atoms with van der Waals surface area (Å²) in [6.45, 7) is 6.45. The summed E-state index contributed by atoms with van der Waals surface area (Å²) in [6.07, 6.45) is 0.901. The van der Waals surface area contributed by atoms with Crippen molar-refractivity contribution >= 4 is 9.24 Å². The average molecular weight is 243 g/mol. The van der Waals surface area contributed by atoms with Crippen LogP contribution in [-0.2, 0) is 6.16 Å². The van der Waals surface area contributed by atoms with Gasteiger partial charge >= 0.3 is 0 Å². The van der Waals surface area contributed by atoms with Gasteiger partial charge in [-0.15, -0.1) is 9.24 Å². The monoisotopic (exact) mass is 243 g/mol. The molecule has 2 heteroatoms. The van der Waals surface area contributed by atoms with Crippen molar-refractivity contribution in [1.82, 2.24) is 4.98 Å². The summed E-state index contributed by atoms with van der Waals surface area (Å²) in [5.41, 5.74) is 7.39. The standard InChI is InChI=1S/C15H18NP/c1-10-7-11(2)15(12(3)8-10)14-6-4-5-13(9-17)16-14/h4-8H,9,17H2,1-3H3. The molecule has 2 rings (SSSR count). The van der Waals surface area contributed by atoms with Crippen LogP contribution < -0.4 is 0 Å². The molecule has 0 N–H and O–H groups in total. The molecule has 0 aliphatic rings. The second kappa shape index (κ2) is 4.98. The largest absolute Gasteiger partial charge is 0.252 e. The summed E-state index contributed by atoms with van der Waals surface area (Å²) in [6, 6.07) is 10.7. The lowest BCUT2D eigenvalue weighted by Gasteiger charge is -2.11. The van der Waals surface area contributed by atoms with Crippen molar-refractivity contribution in [3.8, 4) is 11.3 Å². The molecule has 2 aromatic rings. The first-order valence-corrected chi connectivity index (χ1v) is 6.67. The minimum atomic E-state index is 0.901. The highest BCUT2D eigenvalue weighted by Gasteiger charge is 2.08. The summed E-state index contributed by atoms with van der Waals surface area (Å²) in [7, 11) is 2.72. The van der Waals surface area contributed by atoms with E-state index in [1.54, 1.807) is 0 Å². The lowest BCUT2D eigenvalue weighted by molar-refractivity contribution is 1.17. The summed E-state index contributed by atoms with van der Waals surface area (Å²) >= 11 is 0. The highest BCUT2D eigenvalue weighted by Crippen LogP contribution is 2.27. The molecule has 0 amide bonds. The normalized spacial score (nSPS) is 10.6. The van der Waals surface area contributed by atoms with Crippen LogP contribution in [0.15, 0.2) is 30.3 Å². The Hall–Kier alpha value is -1.20. The molecule has 0 aliphatic heterocycles. The van der Waals surface area contributed by atoms with Gasteiger partial charge in [0, 0.05) is 17.4 Å². The van der Waals surface area contributed by atoms with Gasteiger partial charge in [-0.1, -0.05) is 23.8 Å². The van der Waals surface area contributed by atoms with E-state index in [1.807, 2.05) is 0 Å². The molecule has 0 bridgehead atoms. The van der Waals surface area contributed by atoms with E-state index in [0.29, 0.717) is 0 Å². The van der Waals surface area contributed by atoms with Crippen molar-refractivity contribution in [3.05, 3.63) is 52.7 Å². The van der Waals surface area contributed by atoms with Crippen LogP contribution in [0.25, 0.3) is 11.3 Å². The van der Waals surface area contributed by atoms with E-state index >= 15 is 0 Å². The maximum Gasteiger partial charge on any atom is 0.0710 e. The molecule has 88 valence electrons. The van der Waals surface area contributed by atoms with E-state index in [2.05, 4.69) is 60.3 Å². The van der Waals surface area contributed by atoms with E-state index in [1.165, 1.54) is 22.3 Å². The van der Waals surface area contributed by atoms with Gasteiger partial charge < -0.3 is 0 Å². The summed E-state index contributed by atoms with van der Waals surface area (Å²) in [5.74, 6) is 0. The number of aryl methyl sites for hydroxylation is 3. The minimum Gasteiger partial charge on any atom is -0.252 e. The predicted molar refractivity (Wildman–Crippen MR) is 77.3 cm³/mol. The van der Waals surface area contributed by atoms with Gasteiger partial charge in [0.1, 0.15) is 0 Å². The van der Waals surface area contributed by atoms with Gasteiger partial charge in [0.25, 0.3) is 0 Å². The van der Waals surface area contributed by atoms with Crippen molar-refractivity contribution in [1.29, 1.82) is 0 Å². The quantitative estimate of drug-likeness (QED) is 0.725. The summed E-state index contributed by atoms with van der Waals surface area (Å²) < 4.78 is 0. The number of rotatable bonds is 2. The third-order valence-corrected chi connectivity index (χ3v) is 3.37. The molecule has 0 fully saturated rings. The van der Waals surface area contributed by atoms with Crippen LogP contribution in [0.1, 0.15) is 22.4 Å². The van der Waals surface area contributed by atoms with Crippen LogP contribution in [0.5, 0.6) is 0 Å². The van der Waals surface area contributed by atoms with E-state index < -0.39 is 0 Å². The van der Waals surface area contributed by atoms with Crippen molar-refractivity contribution in [2.45, 2.75) is 26.9 Å². The number of pyridine rings is 1. The van der Waals surface area contributed by atoms with Gasteiger partial charge in [0.15, 0.2) is 0 Å². The highest BCUT2D eigenvalue weighted by molar-refractivity contribution is 7.15. The van der Waals surface area contributed by atoms with Gasteiger partial charge in [-0.05, 0) is 44.0 Å². The number of aromatic nitrogens is 1. The van der Waals surface area contributed by atoms with Crippen LogP contribution >= 0.6 is 9.24 Å². The fraction of sp³-hybridized carbons (Fsp3) is 0.267. The highest BCUT2D eigenvalue weighted by atomic mass is 31.0. The zero-order valence-corrected chi connectivity index (χ0v) is 11.8. The molecular formula is C15H18NP. The van der Waals surface area contributed by atoms with Crippen LogP contribution in [0, 0.1) is 20.8 Å². The molecule has 1 heterocycles. The number of hydrogen-bond acceptors (Lipinski definition) is 1. The lowest BCUT2D eigenvalue weighted by atomic mass is 9.97. The first kappa shape index (κ1) is 12.3. The third-order valence-electron chi connectivity index (χ3n) is 2.95. The van der Waals surface area contributed by atoms with Gasteiger partial charge in [-0.25, -0.2) is 0 Å². The lowest BCUT2D eigenvalue weighted by Crippen LogP contribution is -1.94. The van der Waals surface area contributed by atoms with Crippen molar-refractivity contribution < 1.29 is 0 Å². The van der Waals surface area contributed by atoms with Crippen molar-refractivity contribution in [2.75, 3.05) is 0 Å². The Balaban J connectivity index is 2.60. The van der Waals surface area contributed by atoms with Crippen molar-refractivity contribution in [3.63, 3.8) is 0 Å². The second-order valence-electron chi connectivity index (χ2n) is 4.49. The zero-order chi connectivity index (χ0) is 12.4. The van der Waals surface area contributed by atoms with Crippen LogP contribution in [0.3, 0.4) is 0 Å². The smallest absolute Gasteiger partial charge is 0.0710 e. The van der Waals surface area contributed by atoms with Crippen LogP contribution in [-0.4, -0.2) is 4.98 Å². The van der Waals surface area contributed by atoms with E-state index in [9.17, 15) is 0 Å². The van der Waals surface area contributed by atoms with E-state index in [-0.39, 0.29) is 0 Å². The topological polar surface area (TPSA) is 12.9 Å². The Morgan fingerprint density at radius 1 is 1.06 bits per heavy atom. The average Bonchev–Trinajstić information content (AvgIpc) is 2.28. The van der Waals surface area contributed by atoms with Gasteiger partial charge in [-0.2, -0.15) is 0 Å². The van der Waals surface area contributed by atoms with Crippen molar-refractivity contribution in [2.24, 2.45) is 0 Å². The Morgan fingerprint density at radius 2 is 1.71 bits per heavy atom. The Kier molecular flexibility index (Phi) is 3.59. The SMILES string of the molecule is Cc1cc(C)c(-c2cccc(CP)n2)c(C)c1. The molecule has 0 aliphatic carbocycles.